The molecule has 2 nitrogen and oxygen atoms in total. The Balaban J connectivity index is 2.33. The molecule has 0 aliphatic carbocycles. The Morgan fingerprint density at radius 1 is 1.29 bits per heavy atom. The maximum Gasteiger partial charge on any atom is 0.140 e. The molecule has 2 heteroatoms. The Hall–Kier alpha value is -1.36. The number of aromatic nitrogens is 1. The minimum atomic E-state index is 0.502. The van der Waals surface area contributed by atoms with Gasteiger partial charge in [0.15, 0.2) is 0 Å². The van der Waals surface area contributed by atoms with Gasteiger partial charge in [0.05, 0.1) is 0 Å². The molecule has 0 atom stereocenters. The lowest BCUT2D eigenvalue weighted by Gasteiger charge is -1.99. The first kappa shape index (κ1) is 10.7. The maximum atomic E-state index is 8.56. The summed E-state index contributed by atoms with van der Waals surface area (Å²) in [5.74, 6) is 0. The molecule has 0 bridgehead atoms. The summed E-state index contributed by atoms with van der Waals surface area (Å²) >= 11 is 0. The molecule has 0 N–H and O–H groups in total. The summed E-state index contributed by atoms with van der Waals surface area (Å²) < 4.78 is 0. The van der Waals surface area contributed by atoms with Gasteiger partial charge in [0.2, 0.25) is 0 Å². The van der Waals surface area contributed by atoms with Crippen LogP contribution in [0.5, 0.6) is 0 Å². The van der Waals surface area contributed by atoms with Crippen molar-refractivity contribution in [2.75, 3.05) is 0 Å². The predicted molar refractivity (Wildman–Crippen MR) is 56.8 cm³/mol. The number of nitriles is 1. The second-order valence-corrected chi connectivity index (χ2v) is 3.47. The summed E-state index contributed by atoms with van der Waals surface area (Å²) in [7, 11) is 0. The fraction of sp³-hybridized carbons (Fsp3) is 0.500. The third-order valence-corrected chi connectivity index (χ3v) is 2.26. The topological polar surface area (TPSA) is 36.7 Å². The van der Waals surface area contributed by atoms with Crippen molar-refractivity contribution < 1.29 is 0 Å². The smallest absolute Gasteiger partial charge is 0.140 e. The van der Waals surface area contributed by atoms with Crippen LogP contribution in [0.2, 0.25) is 0 Å². The molecule has 1 aromatic rings. The van der Waals surface area contributed by atoms with Gasteiger partial charge in [0.25, 0.3) is 0 Å². The molecule has 0 aliphatic rings. The molecule has 0 saturated carbocycles. The lowest BCUT2D eigenvalue weighted by Crippen LogP contribution is -1.89. The van der Waals surface area contributed by atoms with Gasteiger partial charge in [0.1, 0.15) is 11.8 Å². The molecule has 0 aromatic carbocycles. The van der Waals surface area contributed by atoms with E-state index in [0.29, 0.717) is 5.69 Å². The number of rotatable bonds is 5. The average Bonchev–Trinajstić information content (AvgIpc) is 2.25. The van der Waals surface area contributed by atoms with Crippen LogP contribution in [0.25, 0.3) is 0 Å². The lowest BCUT2D eigenvalue weighted by atomic mass is 10.1. The van der Waals surface area contributed by atoms with Crippen LogP contribution in [0.1, 0.15) is 43.9 Å². The first-order valence-corrected chi connectivity index (χ1v) is 5.22. The molecular formula is C12H16N2. The van der Waals surface area contributed by atoms with E-state index in [9.17, 15) is 0 Å². The van der Waals surface area contributed by atoms with Crippen LogP contribution in [-0.4, -0.2) is 4.98 Å². The fourth-order valence-electron chi connectivity index (χ4n) is 1.39. The first-order chi connectivity index (χ1) is 6.86. The van der Waals surface area contributed by atoms with Crippen molar-refractivity contribution in [2.45, 2.75) is 39.0 Å². The average molecular weight is 188 g/mol. The predicted octanol–water partition coefficient (Wildman–Crippen LogP) is 3.08. The molecule has 0 fully saturated rings. The van der Waals surface area contributed by atoms with Crippen LogP contribution < -0.4 is 0 Å². The quantitative estimate of drug-likeness (QED) is 0.666. The van der Waals surface area contributed by atoms with Gasteiger partial charge in [-0.2, -0.15) is 5.26 Å². The molecule has 14 heavy (non-hydrogen) atoms. The van der Waals surface area contributed by atoms with Gasteiger partial charge in [0, 0.05) is 6.20 Å². The van der Waals surface area contributed by atoms with Crippen molar-refractivity contribution in [3.8, 4) is 6.07 Å². The standard InChI is InChI=1S/C12H16N2/c1-2-3-4-5-6-11-7-8-12(9-13)14-10-11/h7-8,10H,2-6H2,1H3. The molecule has 0 saturated heterocycles. The van der Waals surface area contributed by atoms with Gasteiger partial charge >= 0.3 is 0 Å². The molecule has 1 rings (SSSR count). The molecule has 0 amide bonds. The van der Waals surface area contributed by atoms with Crippen LogP contribution in [0.15, 0.2) is 18.3 Å². The van der Waals surface area contributed by atoms with E-state index in [2.05, 4.69) is 11.9 Å². The number of pyridine rings is 1. The van der Waals surface area contributed by atoms with Crippen LogP contribution in [0.3, 0.4) is 0 Å². The monoisotopic (exact) mass is 188 g/mol. The minimum absolute atomic E-state index is 0.502. The number of unbranched alkanes of at least 4 members (excludes halogenated alkanes) is 3. The summed E-state index contributed by atoms with van der Waals surface area (Å²) in [4.78, 5) is 4.03. The van der Waals surface area contributed by atoms with E-state index in [0.717, 1.165) is 6.42 Å². The normalized spacial score (nSPS) is 9.71. The minimum Gasteiger partial charge on any atom is -0.245 e. The number of hydrogen-bond acceptors (Lipinski definition) is 2. The number of hydrogen-bond donors (Lipinski definition) is 0. The van der Waals surface area contributed by atoms with Crippen LogP contribution in [0, 0.1) is 11.3 Å². The van der Waals surface area contributed by atoms with E-state index >= 15 is 0 Å². The number of aryl methyl sites for hydroxylation is 1. The van der Waals surface area contributed by atoms with Crippen molar-refractivity contribution in [1.82, 2.24) is 4.98 Å². The highest BCUT2D eigenvalue weighted by Crippen LogP contribution is 2.07. The third-order valence-electron chi connectivity index (χ3n) is 2.26. The Morgan fingerprint density at radius 3 is 2.71 bits per heavy atom. The summed E-state index contributed by atoms with van der Waals surface area (Å²) in [6.45, 7) is 2.21. The molecule has 0 unspecified atom stereocenters. The van der Waals surface area contributed by atoms with Gasteiger partial charge in [-0.05, 0) is 24.5 Å². The highest BCUT2D eigenvalue weighted by Gasteiger charge is 1.95. The second-order valence-electron chi connectivity index (χ2n) is 3.47. The van der Waals surface area contributed by atoms with Crippen LogP contribution in [-0.2, 0) is 6.42 Å². The lowest BCUT2D eigenvalue weighted by molar-refractivity contribution is 0.666. The van der Waals surface area contributed by atoms with Gasteiger partial charge in [-0.25, -0.2) is 4.98 Å². The third kappa shape index (κ3) is 3.57. The van der Waals surface area contributed by atoms with Crippen molar-refractivity contribution in [1.29, 1.82) is 5.26 Å². The molecule has 0 spiro atoms. The van der Waals surface area contributed by atoms with Crippen molar-refractivity contribution in [3.05, 3.63) is 29.6 Å². The van der Waals surface area contributed by atoms with E-state index in [4.69, 9.17) is 5.26 Å². The summed E-state index contributed by atoms with van der Waals surface area (Å²) in [5, 5.41) is 8.56. The van der Waals surface area contributed by atoms with Gasteiger partial charge < -0.3 is 0 Å². The molecule has 0 radical (unpaired) electrons. The van der Waals surface area contributed by atoms with E-state index in [1.54, 1.807) is 6.07 Å². The largest absolute Gasteiger partial charge is 0.245 e. The zero-order valence-electron chi connectivity index (χ0n) is 8.66. The van der Waals surface area contributed by atoms with Crippen LogP contribution in [0.4, 0.5) is 0 Å². The molecule has 1 heterocycles. The van der Waals surface area contributed by atoms with Crippen molar-refractivity contribution in [2.24, 2.45) is 0 Å². The molecular weight excluding hydrogens is 172 g/mol. The van der Waals surface area contributed by atoms with Crippen LogP contribution >= 0.6 is 0 Å². The highest BCUT2D eigenvalue weighted by molar-refractivity contribution is 5.23. The zero-order valence-corrected chi connectivity index (χ0v) is 8.66. The SMILES string of the molecule is CCCCCCc1ccc(C#N)nc1. The Kier molecular flexibility index (Phi) is 4.71. The molecule has 0 aliphatic heterocycles. The fourth-order valence-corrected chi connectivity index (χ4v) is 1.39. The van der Waals surface area contributed by atoms with Crippen molar-refractivity contribution in [3.63, 3.8) is 0 Å². The first-order valence-electron chi connectivity index (χ1n) is 5.22. The van der Waals surface area contributed by atoms with Gasteiger partial charge in [-0.15, -0.1) is 0 Å². The Labute approximate surface area is 85.6 Å². The van der Waals surface area contributed by atoms with E-state index < -0.39 is 0 Å². The van der Waals surface area contributed by atoms with E-state index in [1.165, 1.54) is 31.2 Å². The molecule has 1 aromatic heterocycles. The molecule has 74 valence electrons. The van der Waals surface area contributed by atoms with Crippen molar-refractivity contribution >= 4 is 0 Å². The number of nitrogens with zero attached hydrogens (tertiary/aromatic N) is 2. The van der Waals surface area contributed by atoms with Gasteiger partial charge in [-0.1, -0.05) is 32.3 Å². The Morgan fingerprint density at radius 2 is 2.14 bits per heavy atom. The summed E-state index contributed by atoms with van der Waals surface area (Å²) in [6.07, 6.45) is 7.98. The second kappa shape index (κ2) is 6.15. The summed E-state index contributed by atoms with van der Waals surface area (Å²) in [6, 6.07) is 5.80. The zero-order chi connectivity index (χ0) is 10.2. The highest BCUT2D eigenvalue weighted by atomic mass is 14.7. The van der Waals surface area contributed by atoms with Gasteiger partial charge in [-0.3, -0.25) is 0 Å². The van der Waals surface area contributed by atoms with E-state index in [1.807, 2.05) is 18.3 Å². The Bertz CT molecular complexity index is 295. The summed E-state index contributed by atoms with van der Waals surface area (Å²) in [5.41, 5.74) is 1.74. The maximum absolute atomic E-state index is 8.56. The van der Waals surface area contributed by atoms with E-state index in [-0.39, 0.29) is 0 Å².